The zero-order valence-corrected chi connectivity index (χ0v) is 15.5. The highest BCUT2D eigenvalue weighted by molar-refractivity contribution is 5.97. The number of aryl methyl sites for hydroxylation is 2. The Balaban J connectivity index is 1.52. The van der Waals surface area contributed by atoms with Gasteiger partial charge in [0.1, 0.15) is 0 Å². The van der Waals surface area contributed by atoms with E-state index in [0.29, 0.717) is 19.5 Å². The van der Waals surface area contributed by atoms with Gasteiger partial charge in [-0.25, -0.2) is 0 Å². The Morgan fingerprint density at radius 1 is 1.12 bits per heavy atom. The molecule has 2 amide bonds. The van der Waals surface area contributed by atoms with Crippen LogP contribution < -0.4 is 5.32 Å². The highest BCUT2D eigenvalue weighted by Crippen LogP contribution is 2.23. The molecule has 1 aliphatic heterocycles. The number of nitrogens with zero attached hydrogens (tertiary/aromatic N) is 1. The van der Waals surface area contributed by atoms with Gasteiger partial charge in [0.15, 0.2) is 0 Å². The predicted octanol–water partition coefficient (Wildman–Crippen LogP) is 3.72. The molecule has 2 aromatic carbocycles. The van der Waals surface area contributed by atoms with Crippen molar-refractivity contribution in [1.29, 1.82) is 0 Å². The van der Waals surface area contributed by atoms with E-state index >= 15 is 0 Å². The van der Waals surface area contributed by atoms with E-state index in [1.807, 2.05) is 55.1 Å². The second-order valence-electron chi connectivity index (χ2n) is 7.07. The summed E-state index contributed by atoms with van der Waals surface area (Å²) in [6.07, 6.45) is 2.17. The van der Waals surface area contributed by atoms with Gasteiger partial charge in [-0.05, 0) is 49.4 Å². The Hall–Kier alpha value is -2.62. The third kappa shape index (κ3) is 4.31. The zero-order chi connectivity index (χ0) is 18.5. The van der Waals surface area contributed by atoms with Gasteiger partial charge in [-0.1, -0.05) is 42.5 Å². The molecule has 26 heavy (non-hydrogen) atoms. The molecule has 1 unspecified atom stereocenters. The molecule has 2 aromatic rings. The molecule has 4 nitrogen and oxygen atoms in total. The van der Waals surface area contributed by atoms with Crippen LogP contribution in [0.4, 0.5) is 5.69 Å². The molecule has 1 saturated heterocycles. The molecule has 0 bridgehead atoms. The average Bonchev–Trinajstić information content (AvgIpc) is 3.01. The van der Waals surface area contributed by atoms with Crippen LogP contribution in [0.2, 0.25) is 0 Å². The molecule has 0 saturated carbocycles. The smallest absolute Gasteiger partial charge is 0.229 e. The number of benzene rings is 2. The van der Waals surface area contributed by atoms with Crippen molar-refractivity contribution in [2.45, 2.75) is 33.1 Å². The van der Waals surface area contributed by atoms with Crippen molar-refractivity contribution in [2.75, 3.05) is 18.4 Å². The van der Waals surface area contributed by atoms with E-state index in [4.69, 9.17) is 0 Å². The zero-order valence-electron chi connectivity index (χ0n) is 15.5. The molecular formula is C22H26N2O2. The second kappa shape index (κ2) is 8.17. The molecule has 0 spiro atoms. The lowest BCUT2D eigenvalue weighted by Crippen LogP contribution is -2.29. The van der Waals surface area contributed by atoms with Gasteiger partial charge in [-0.2, -0.15) is 0 Å². The van der Waals surface area contributed by atoms with Crippen LogP contribution in [0.3, 0.4) is 0 Å². The molecule has 4 heteroatoms. The first-order valence-corrected chi connectivity index (χ1v) is 9.23. The molecule has 0 aliphatic carbocycles. The molecule has 3 rings (SSSR count). The lowest BCUT2D eigenvalue weighted by molar-refractivity contribution is -0.128. The fourth-order valence-corrected chi connectivity index (χ4v) is 3.40. The van der Waals surface area contributed by atoms with E-state index in [9.17, 15) is 9.59 Å². The van der Waals surface area contributed by atoms with E-state index in [-0.39, 0.29) is 17.7 Å². The molecule has 1 aliphatic rings. The summed E-state index contributed by atoms with van der Waals surface area (Å²) in [5.74, 6) is -0.240. The minimum atomic E-state index is -0.265. The quantitative estimate of drug-likeness (QED) is 0.863. The van der Waals surface area contributed by atoms with Crippen molar-refractivity contribution < 1.29 is 9.59 Å². The third-order valence-corrected chi connectivity index (χ3v) is 5.18. The number of hydrogen-bond donors (Lipinski definition) is 1. The number of carbonyl (C=O) groups is 2. The minimum absolute atomic E-state index is 0.0578. The van der Waals surface area contributed by atoms with Gasteiger partial charge in [0, 0.05) is 25.2 Å². The fourth-order valence-electron chi connectivity index (χ4n) is 3.40. The highest BCUT2D eigenvalue weighted by atomic mass is 16.2. The molecule has 1 fully saturated rings. The van der Waals surface area contributed by atoms with Crippen molar-refractivity contribution in [3.63, 3.8) is 0 Å². The summed E-state index contributed by atoms with van der Waals surface area (Å²) < 4.78 is 0. The Labute approximate surface area is 155 Å². The summed E-state index contributed by atoms with van der Waals surface area (Å²) in [5, 5.41) is 3.00. The van der Waals surface area contributed by atoms with Crippen LogP contribution in [0, 0.1) is 19.8 Å². The monoisotopic (exact) mass is 350 g/mol. The van der Waals surface area contributed by atoms with Crippen LogP contribution in [0.25, 0.3) is 0 Å². The second-order valence-corrected chi connectivity index (χ2v) is 7.07. The topological polar surface area (TPSA) is 49.4 Å². The van der Waals surface area contributed by atoms with Crippen LogP contribution in [-0.2, 0) is 16.0 Å². The normalized spacial score (nSPS) is 16.8. The van der Waals surface area contributed by atoms with Gasteiger partial charge >= 0.3 is 0 Å². The van der Waals surface area contributed by atoms with Crippen LogP contribution in [0.5, 0.6) is 0 Å². The van der Waals surface area contributed by atoms with Crippen LogP contribution in [0.15, 0.2) is 48.5 Å². The summed E-state index contributed by atoms with van der Waals surface area (Å²) in [6, 6.07) is 16.2. The number of likely N-dealkylation sites (tertiary alicyclic amines) is 1. The van der Waals surface area contributed by atoms with Crippen molar-refractivity contribution in [3.8, 4) is 0 Å². The Morgan fingerprint density at radius 3 is 2.65 bits per heavy atom. The lowest BCUT2D eigenvalue weighted by Gasteiger charge is -2.17. The first-order chi connectivity index (χ1) is 12.5. The highest BCUT2D eigenvalue weighted by Gasteiger charge is 2.34. The molecule has 1 heterocycles. The number of hydrogen-bond acceptors (Lipinski definition) is 2. The van der Waals surface area contributed by atoms with Crippen LogP contribution >= 0.6 is 0 Å². The average molecular weight is 350 g/mol. The van der Waals surface area contributed by atoms with Crippen LogP contribution in [0.1, 0.15) is 29.5 Å². The molecule has 1 N–H and O–H groups in total. The van der Waals surface area contributed by atoms with Gasteiger partial charge in [0.25, 0.3) is 0 Å². The van der Waals surface area contributed by atoms with E-state index in [1.54, 1.807) is 0 Å². The SMILES string of the molecule is Cc1cccc(NC(=O)C2CC(=O)N(CCCc3ccccc3)C2)c1C. The maximum absolute atomic E-state index is 12.6. The predicted molar refractivity (Wildman–Crippen MR) is 104 cm³/mol. The van der Waals surface area contributed by atoms with E-state index in [2.05, 4.69) is 17.4 Å². The maximum atomic E-state index is 12.6. The summed E-state index contributed by atoms with van der Waals surface area (Å²) in [7, 11) is 0. The number of carbonyl (C=O) groups excluding carboxylic acids is 2. The van der Waals surface area contributed by atoms with Gasteiger partial charge in [-0.3, -0.25) is 9.59 Å². The summed E-state index contributed by atoms with van der Waals surface area (Å²) in [5.41, 5.74) is 4.34. The molecular weight excluding hydrogens is 324 g/mol. The van der Waals surface area contributed by atoms with Crippen molar-refractivity contribution in [3.05, 3.63) is 65.2 Å². The lowest BCUT2D eigenvalue weighted by atomic mass is 10.1. The van der Waals surface area contributed by atoms with Crippen molar-refractivity contribution >= 4 is 17.5 Å². The van der Waals surface area contributed by atoms with Crippen molar-refractivity contribution in [2.24, 2.45) is 5.92 Å². The third-order valence-electron chi connectivity index (χ3n) is 5.18. The van der Waals surface area contributed by atoms with Gasteiger partial charge in [-0.15, -0.1) is 0 Å². The first-order valence-electron chi connectivity index (χ1n) is 9.23. The number of anilines is 1. The van der Waals surface area contributed by atoms with E-state index in [0.717, 1.165) is 29.7 Å². The van der Waals surface area contributed by atoms with Gasteiger partial charge in [0.05, 0.1) is 5.92 Å². The summed E-state index contributed by atoms with van der Waals surface area (Å²) >= 11 is 0. The van der Waals surface area contributed by atoms with Crippen LogP contribution in [-0.4, -0.2) is 29.8 Å². The van der Waals surface area contributed by atoms with Crippen molar-refractivity contribution in [1.82, 2.24) is 4.90 Å². The maximum Gasteiger partial charge on any atom is 0.229 e. The number of rotatable bonds is 6. The Bertz CT molecular complexity index is 786. The molecule has 1 atom stereocenters. The van der Waals surface area contributed by atoms with Gasteiger partial charge < -0.3 is 10.2 Å². The minimum Gasteiger partial charge on any atom is -0.342 e. The summed E-state index contributed by atoms with van der Waals surface area (Å²) in [4.78, 5) is 26.7. The number of amides is 2. The van der Waals surface area contributed by atoms with Gasteiger partial charge in [0.2, 0.25) is 11.8 Å². The largest absolute Gasteiger partial charge is 0.342 e. The summed E-state index contributed by atoms with van der Waals surface area (Å²) in [6.45, 7) is 5.25. The Morgan fingerprint density at radius 2 is 1.88 bits per heavy atom. The standard InChI is InChI=1S/C22H26N2O2/c1-16-8-6-12-20(17(16)2)23-22(26)19-14-21(25)24(15-19)13-7-11-18-9-4-3-5-10-18/h3-6,8-10,12,19H,7,11,13-15H2,1-2H3,(H,23,26). The molecule has 0 aromatic heterocycles. The first kappa shape index (κ1) is 18.2. The Kier molecular flexibility index (Phi) is 5.71. The molecule has 136 valence electrons. The molecule has 0 radical (unpaired) electrons. The number of nitrogens with one attached hydrogen (secondary N) is 1. The van der Waals surface area contributed by atoms with E-state index < -0.39 is 0 Å². The van der Waals surface area contributed by atoms with E-state index in [1.165, 1.54) is 5.56 Å². The fraction of sp³-hybridized carbons (Fsp3) is 0.364.